The van der Waals surface area contributed by atoms with Crippen molar-refractivity contribution in [1.29, 1.82) is 0 Å². The average molecular weight is 547 g/mol. The first-order chi connectivity index (χ1) is 18.5. The van der Waals surface area contributed by atoms with Crippen LogP contribution in [0.1, 0.15) is 65.0 Å². The van der Waals surface area contributed by atoms with Gasteiger partial charge in [0.15, 0.2) is 6.10 Å². The standard InChI is InChI=1S/C32H35ClN2O4/c1-19(2)24-8-6-7-23(15-24)13-14-34-31(36)25-9-12-30-28(17-25)20(3)21(4)35(30)18-26-16-27(10-11-29(26)33)39-22(5)32(37)38/h6-12,15-17,19,22H,13-14,18H2,1-5H3,(H,34,36)(H,37,38)/t22-/m0/s1. The maximum Gasteiger partial charge on any atom is 0.344 e. The van der Waals surface area contributed by atoms with E-state index in [9.17, 15) is 9.59 Å². The smallest absolute Gasteiger partial charge is 0.344 e. The van der Waals surface area contributed by atoms with Crippen molar-refractivity contribution in [1.82, 2.24) is 9.88 Å². The van der Waals surface area contributed by atoms with Gasteiger partial charge >= 0.3 is 5.97 Å². The van der Waals surface area contributed by atoms with Crippen LogP contribution in [-0.2, 0) is 17.8 Å². The van der Waals surface area contributed by atoms with Crippen molar-refractivity contribution in [3.63, 3.8) is 0 Å². The number of carboxylic acid groups (broad SMARTS) is 1. The SMILES string of the molecule is Cc1c(C)n(Cc2cc(O[C@@H](C)C(=O)O)ccc2Cl)c2ccc(C(=O)NCCc3cccc(C(C)C)c3)cc12. The van der Waals surface area contributed by atoms with Crippen LogP contribution < -0.4 is 10.1 Å². The van der Waals surface area contributed by atoms with Crippen LogP contribution in [0.15, 0.2) is 60.7 Å². The number of aromatic nitrogens is 1. The molecule has 1 heterocycles. The molecule has 0 unspecified atom stereocenters. The third kappa shape index (κ3) is 6.45. The molecule has 0 aliphatic carbocycles. The van der Waals surface area contributed by atoms with Crippen molar-refractivity contribution in [2.75, 3.05) is 6.54 Å². The Morgan fingerprint density at radius 3 is 2.51 bits per heavy atom. The minimum Gasteiger partial charge on any atom is -0.479 e. The molecule has 0 aliphatic rings. The second-order valence-electron chi connectivity index (χ2n) is 10.3. The molecule has 4 aromatic rings. The number of carbonyl (C=O) groups is 2. The van der Waals surface area contributed by atoms with Crippen LogP contribution >= 0.6 is 11.6 Å². The molecule has 0 fully saturated rings. The Balaban J connectivity index is 1.51. The number of hydrogen-bond acceptors (Lipinski definition) is 3. The Labute approximate surface area is 234 Å². The number of nitrogens with one attached hydrogen (secondary N) is 1. The third-order valence-electron chi connectivity index (χ3n) is 7.22. The van der Waals surface area contributed by atoms with Crippen LogP contribution in [0.3, 0.4) is 0 Å². The Morgan fingerprint density at radius 2 is 1.79 bits per heavy atom. The zero-order valence-electron chi connectivity index (χ0n) is 23.0. The van der Waals surface area contributed by atoms with Gasteiger partial charge in [-0.15, -0.1) is 0 Å². The lowest BCUT2D eigenvalue weighted by Crippen LogP contribution is -2.25. The number of nitrogens with zero attached hydrogens (tertiary/aromatic N) is 1. The molecule has 0 saturated heterocycles. The Morgan fingerprint density at radius 1 is 1.03 bits per heavy atom. The van der Waals surface area contributed by atoms with Crippen LogP contribution in [0.5, 0.6) is 5.75 Å². The number of benzene rings is 3. The van der Waals surface area contributed by atoms with Gasteiger partial charge in [0.25, 0.3) is 5.91 Å². The molecule has 204 valence electrons. The van der Waals surface area contributed by atoms with E-state index in [1.165, 1.54) is 18.1 Å². The van der Waals surface area contributed by atoms with E-state index in [0.717, 1.165) is 34.1 Å². The molecule has 6 nitrogen and oxygen atoms in total. The van der Waals surface area contributed by atoms with Crippen LogP contribution in [0.2, 0.25) is 5.02 Å². The van der Waals surface area contributed by atoms with Crippen LogP contribution in [0, 0.1) is 13.8 Å². The largest absolute Gasteiger partial charge is 0.479 e. The molecule has 4 rings (SSSR count). The normalized spacial score (nSPS) is 12.1. The highest BCUT2D eigenvalue weighted by molar-refractivity contribution is 6.31. The molecule has 0 spiro atoms. The minimum atomic E-state index is -1.03. The van der Waals surface area contributed by atoms with Gasteiger partial charge in [-0.1, -0.05) is 49.7 Å². The van der Waals surface area contributed by atoms with Crippen LogP contribution in [-0.4, -0.2) is 34.2 Å². The number of ether oxygens (including phenoxy) is 1. The van der Waals surface area contributed by atoms with E-state index < -0.39 is 12.1 Å². The second kappa shape index (κ2) is 12.0. The van der Waals surface area contributed by atoms with Gasteiger partial charge in [0.2, 0.25) is 0 Å². The number of fused-ring (bicyclic) bond motifs is 1. The fraction of sp³-hybridized carbons (Fsp3) is 0.312. The van der Waals surface area contributed by atoms with Gasteiger partial charge in [-0.05, 0) is 91.8 Å². The highest BCUT2D eigenvalue weighted by atomic mass is 35.5. The fourth-order valence-electron chi connectivity index (χ4n) is 4.70. The molecule has 1 atom stereocenters. The molecule has 7 heteroatoms. The predicted molar refractivity (Wildman–Crippen MR) is 156 cm³/mol. The van der Waals surface area contributed by atoms with E-state index in [0.29, 0.717) is 35.3 Å². The molecule has 3 aromatic carbocycles. The molecular formula is C32H35ClN2O4. The van der Waals surface area contributed by atoms with Crippen molar-refractivity contribution in [3.05, 3.63) is 99.2 Å². The van der Waals surface area contributed by atoms with Crippen molar-refractivity contribution in [2.45, 2.75) is 59.6 Å². The van der Waals surface area contributed by atoms with Gasteiger partial charge in [0, 0.05) is 40.3 Å². The summed E-state index contributed by atoms with van der Waals surface area (Å²) >= 11 is 6.50. The fourth-order valence-corrected chi connectivity index (χ4v) is 4.87. The maximum atomic E-state index is 13.0. The Kier molecular flexibility index (Phi) is 8.66. The summed E-state index contributed by atoms with van der Waals surface area (Å²) in [6.45, 7) is 11.0. The van der Waals surface area contributed by atoms with Crippen molar-refractivity contribution >= 4 is 34.4 Å². The van der Waals surface area contributed by atoms with Gasteiger partial charge in [-0.2, -0.15) is 0 Å². The van der Waals surface area contributed by atoms with Gasteiger partial charge < -0.3 is 19.7 Å². The van der Waals surface area contributed by atoms with Crippen molar-refractivity contribution in [2.24, 2.45) is 0 Å². The monoisotopic (exact) mass is 546 g/mol. The van der Waals surface area contributed by atoms with Gasteiger partial charge in [-0.25, -0.2) is 4.79 Å². The number of aliphatic carboxylic acids is 1. The summed E-state index contributed by atoms with van der Waals surface area (Å²) in [7, 11) is 0. The number of rotatable bonds is 10. The van der Waals surface area contributed by atoms with Gasteiger partial charge in [-0.3, -0.25) is 4.79 Å². The third-order valence-corrected chi connectivity index (χ3v) is 7.59. The van der Waals surface area contributed by atoms with Gasteiger partial charge in [0.05, 0.1) is 0 Å². The predicted octanol–water partition coefficient (Wildman–Crippen LogP) is 6.91. The lowest BCUT2D eigenvalue weighted by Gasteiger charge is -2.14. The van der Waals surface area contributed by atoms with Crippen LogP contribution in [0.25, 0.3) is 10.9 Å². The maximum absolute atomic E-state index is 13.0. The highest BCUT2D eigenvalue weighted by Crippen LogP contribution is 2.30. The van der Waals surface area contributed by atoms with Crippen LogP contribution in [0.4, 0.5) is 0 Å². The average Bonchev–Trinajstić information content (AvgIpc) is 3.14. The van der Waals surface area contributed by atoms with Crippen molar-refractivity contribution in [3.8, 4) is 5.75 Å². The highest BCUT2D eigenvalue weighted by Gasteiger charge is 2.17. The molecule has 1 amide bonds. The molecule has 0 bridgehead atoms. The molecule has 1 aromatic heterocycles. The first-order valence-electron chi connectivity index (χ1n) is 13.2. The van der Waals surface area contributed by atoms with E-state index in [2.05, 4.69) is 48.0 Å². The Hall–Kier alpha value is -3.77. The summed E-state index contributed by atoms with van der Waals surface area (Å²) in [5.41, 5.74) is 7.10. The summed E-state index contributed by atoms with van der Waals surface area (Å²) < 4.78 is 7.69. The van der Waals surface area contributed by atoms with E-state index in [1.807, 2.05) is 32.0 Å². The molecule has 0 radical (unpaired) electrons. The lowest BCUT2D eigenvalue weighted by atomic mass is 10.00. The first kappa shape index (κ1) is 28.2. The number of carboxylic acids is 1. The number of hydrogen-bond donors (Lipinski definition) is 2. The summed E-state index contributed by atoms with van der Waals surface area (Å²) in [5.74, 6) is -0.207. The van der Waals surface area contributed by atoms with E-state index >= 15 is 0 Å². The molecule has 0 aliphatic heterocycles. The van der Waals surface area contributed by atoms with E-state index in [1.54, 1.807) is 18.2 Å². The van der Waals surface area contributed by atoms with Gasteiger partial charge in [0.1, 0.15) is 5.75 Å². The minimum absolute atomic E-state index is 0.0952. The number of amides is 1. The molecular weight excluding hydrogens is 512 g/mol. The first-order valence-corrected chi connectivity index (χ1v) is 13.6. The zero-order chi connectivity index (χ0) is 28.3. The molecule has 0 saturated carbocycles. The lowest BCUT2D eigenvalue weighted by molar-refractivity contribution is -0.144. The zero-order valence-corrected chi connectivity index (χ0v) is 23.8. The van der Waals surface area contributed by atoms with E-state index in [4.69, 9.17) is 21.4 Å². The summed E-state index contributed by atoms with van der Waals surface area (Å²) in [4.78, 5) is 24.2. The quantitative estimate of drug-likeness (QED) is 0.226. The van der Waals surface area contributed by atoms with E-state index in [-0.39, 0.29) is 5.91 Å². The topological polar surface area (TPSA) is 80.6 Å². The summed E-state index contributed by atoms with van der Waals surface area (Å²) in [6.07, 6.45) is -0.192. The number of carbonyl (C=O) groups excluding carboxylic acids is 1. The molecule has 2 N–H and O–H groups in total. The Bertz CT molecular complexity index is 1520. The second-order valence-corrected chi connectivity index (χ2v) is 10.7. The number of halogens is 1. The summed E-state index contributed by atoms with van der Waals surface area (Å²) in [6, 6.07) is 19.4. The number of aryl methyl sites for hydroxylation is 1. The summed E-state index contributed by atoms with van der Waals surface area (Å²) in [5, 5.41) is 13.8. The molecule has 39 heavy (non-hydrogen) atoms. The van der Waals surface area contributed by atoms with Crippen molar-refractivity contribution < 1.29 is 19.4 Å².